The third-order valence-corrected chi connectivity index (χ3v) is 3.05. The molecule has 3 nitrogen and oxygen atoms in total. The highest BCUT2D eigenvalue weighted by molar-refractivity contribution is 6.06. The molecule has 0 bridgehead atoms. The normalized spacial score (nSPS) is 10.6. The van der Waals surface area contributed by atoms with Gasteiger partial charge in [0.1, 0.15) is 0 Å². The topological polar surface area (TPSA) is 35.5 Å². The first-order valence-electron chi connectivity index (χ1n) is 7.41. The van der Waals surface area contributed by atoms with Crippen molar-refractivity contribution in [1.29, 1.82) is 0 Å². The number of ether oxygens (including phenoxy) is 2. The number of allylic oxidation sites excluding steroid dienone is 1. The zero-order valence-corrected chi connectivity index (χ0v) is 12.9. The van der Waals surface area contributed by atoms with Crippen LogP contribution in [0.4, 0.5) is 0 Å². The van der Waals surface area contributed by atoms with Crippen LogP contribution in [0.5, 0.6) is 11.5 Å². The first-order chi connectivity index (χ1) is 10.7. The average Bonchev–Trinajstić information content (AvgIpc) is 2.56. The lowest BCUT2D eigenvalue weighted by Crippen LogP contribution is -1.98. The molecule has 0 amide bonds. The van der Waals surface area contributed by atoms with Crippen LogP contribution in [-0.4, -0.2) is 19.0 Å². The Hall–Kier alpha value is -2.55. The van der Waals surface area contributed by atoms with Crippen molar-refractivity contribution in [2.45, 2.75) is 13.8 Å². The molecule has 0 aliphatic heterocycles. The number of carbonyl (C=O) groups is 1. The van der Waals surface area contributed by atoms with Gasteiger partial charge >= 0.3 is 0 Å². The van der Waals surface area contributed by atoms with Crippen LogP contribution in [0, 0.1) is 0 Å². The van der Waals surface area contributed by atoms with E-state index < -0.39 is 0 Å². The average molecular weight is 296 g/mol. The fraction of sp³-hybridized carbons (Fsp3) is 0.211. The van der Waals surface area contributed by atoms with E-state index in [-0.39, 0.29) is 5.78 Å². The van der Waals surface area contributed by atoms with Gasteiger partial charge in [0.25, 0.3) is 0 Å². The van der Waals surface area contributed by atoms with Crippen molar-refractivity contribution in [1.82, 2.24) is 0 Å². The van der Waals surface area contributed by atoms with Gasteiger partial charge in [-0.05, 0) is 37.6 Å². The number of hydrogen-bond donors (Lipinski definition) is 0. The summed E-state index contributed by atoms with van der Waals surface area (Å²) in [6.07, 6.45) is 3.36. The van der Waals surface area contributed by atoms with E-state index in [1.807, 2.05) is 50.2 Å². The monoisotopic (exact) mass is 296 g/mol. The van der Waals surface area contributed by atoms with Gasteiger partial charge in [-0.15, -0.1) is 0 Å². The minimum atomic E-state index is -0.0209. The first-order valence-corrected chi connectivity index (χ1v) is 7.41. The second kappa shape index (κ2) is 8.03. The Bertz CT molecular complexity index is 645. The molecule has 2 aromatic rings. The third-order valence-electron chi connectivity index (χ3n) is 3.05. The van der Waals surface area contributed by atoms with Crippen molar-refractivity contribution in [2.24, 2.45) is 0 Å². The molecule has 0 heterocycles. The van der Waals surface area contributed by atoms with Crippen LogP contribution in [0.2, 0.25) is 0 Å². The summed E-state index contributed by atoms with van der Waals surface area (Å²) in [6, 6.07) is 14.8. The molecule has 0 saturated carbocycles. The van der Waals surface area contributed by atoms with Crippen molar-refractivity contribution >= 4 is 11.9 Å². The molecule has 0 aliphatic rings. The van der Waals surface area contributed by atoms with Gasteiger partial charge in [0.15, 0.2) is 17.3 Å². The van der Waals surface area contributed by atoms with E-state index in [1.54, 1.807) is 24.3 Å². The number of rotatable bonds is 7. The number of hydrogen-bond acceptors (Lipinski definition) is 3. The van der Waals surface area contributed by atoms with E-state index in [1.165, 1.54) is 0 Å². The zero-order chi connectivity index (χ0) is 15.8. The molecule has 0 N–H and O–H groups in total. The van der Waals surface area contributed by atoms with Gasteiger partial charge in [-0.3, -0.25) is 4.79 Å². The molecule has 0 aromatic heterocycles. The summed E-state index contributed by atoms with van der Waals surface area (Å²) in [4.78, 5) is 12.1. The predicted octanol–water partition coefficient (Wildman–Crippen LogP) is 4.38. The molecule has 2 rings (SSSR count). The minimum absolute atomic E-state index is 0.0209. The Morgan fingerprint density at radius 3 is 2.32 bits per heavy atom. The van der Waals surface area contributed by atoms with Crippen LogP contribution >= 0.6 is 0 Å². The SMILES string of the molecule is CCOc1ccc(/C=C/C(=O)c2ccccc2)cc1OCC. The Morgan fingerprint density at radius 2 is 1.64 bits per heavy atom. The molecule has 3 heteroatoms. The van der Waals surface area contributed by atoms with Gasteiger partial charge < -0.3 is 9.47 Å². The first kappa shape index (κ1) is 15.8. The second-order valence-electron chi connectivity index (χ2n) is 4.64. The molecule has 0 atom stereocenters. The summed E-state index contributed by atoms with van der Waals surface area (Å²) >= 11 is 0. The molecule has 0 saturated heterocycles. The zero-order valence-electron chi connectivity index (χ0n) is 12.9. The summed E-state index contributed by atoms with van der Waals surface area (Å²) < 4.78 is 11.1. The molecule has 114 valence electrons. The maximum Gasteiger partial charge on any atom is 0.185 e. The molecule has 0 aliphatic carbocycles. The Kier molecular flexibility index (Phi) is 5.78. The fourth-order valence-corrected chi connectivity index (χ4v) is 2.04. The standard InChI is InChI=1S/C19H20O3/c1-3-21-18-13-11-15(14-19(18)22-4-2)10-12-17(20)16-8-6-5-7-9-16/h5-14H,3-4H2,1-2H3/b12-10+. The van der Waals surface area contributed by atoms with E-state index in [0.717, 1.165) is 11.3 Å². The van der Waals surface area contributed by atoms with Gasteiger partial charge in [-0.25, -0.2) is 0 Å². The highest BCUT2D eigenvalue weighted by Crippen LogP contribution is 2.29. The molecule has 0 spiro atoms. The molecule has 0 unspecified atom stereocenters. The lowest BCUT2D eigenvalue weighted by atomic mass is 10.1. The molecular formula is C19H20O3. The van der Waals surface area contributed by atoms with Crippen molar-refractivity contribution < 1.29 is 14.3 Å². The van der Waals surface area contributed by atoms with Gasteiger partial charge in [0.2, 0.25) is 0 Å². The van der Waals surface area contributed by atoms with E-state index in [4.69, 9.17) is 9.47 Å². The molecular weight excluding hydrogens is 276 g/mol. The van der Waals surface area contributed by atoms with Gasteiger partial charge in [-0.2, -0.15) is 0 Å². The number of ketones is 1. The Balaban J connectivity index is 2.17. The summed E-state index contributed by atoms with van der Waals surface area (Å²) in [6.45, 7) is 5.01. The molecule has 2 aromatic carbocycles. The summed E-state index contributed by atoms with van der Waals surface area (Å²) in [5.41, 5.74) is 1.57. The second-order valence-corrected chi connectivity index (χ2v) is 4.64. The van der Waals surface area contributed by atoms with Crippen LogP contribution in [0.25, 0.3) is 6.08 Å². The van der Waals surface area contributed by atoms with Gasteiger partial charge in [-0.1, -0.05) is 42.5 Å². The minimum Gasteiger partial charge on any atom is -0.490 e. The summed E-state index contributed by atoms with van der Waals surface area (Å²) in [7, 11) is 0. The molecule has 0 radical (unpaired) electrons. The summed E-state index contributed by atoms with van der Waals surface area (Å²) in [5, 5.41) is 0. The van der Waals surface area contributed by atoms with Gasteiger partial charge in [0, 0.05) is 5.56 Å². The van der Waals surface area contributed by atoms with E-state index in [0.29, 0.717) is 24.5 Å². The quantitative estimate of drug-likeness (QED) is 0.562. The third kappa shape index (κ3) is 4.22. The molecule has 0 fully saturated rings. The lowest BCUT2D eigenvalue weighted by molar-refractivity contribution is 0.104. The number of carbonyl (C=O) groups excluding carboxylic acids is 1. The van der Waals surface area contributed by atoms with Crippen molar-refractivity contribution in [3.8, 4) is 11.5 Å². The highest BCUT2D eigenvalue weighted by atomic mass is 16.5. The maximum absolute atomic E-state index is 12.1. The van der Waals surface area contributed by atoms with Crippen LogP contribution in [-0.2, 0) is 0 Å². The highest BCUT2D eigenvalue weighted by Gasteiger charge is 2.05. The van der Waals surface area contributed by atoms with E-state index >= 15 is 0 Å². The predicted molar refractivity (Wildman–Crippen MR) is 88.6 cm³/mol. The molecule has 22 heavy (non-hydrogen) atoms. The van der Waals surface area contributed by atoms with Crippen molar-refractivity contribution in [3.05, 3.63) is 65.7 Å². The number of benzene rings is 2. The van der Waals surface area contributed by atoms with Crippen molar-refractivity contribution in [3.63, 3.8) is 0 Å². The Labute approximate surface area is 131 Å². The summed E-state index contributed by atoms with van der Waals surface area (Å²) in [5.74, 6) is 1.39. The largest absolute Gasteiger partial charge is 0.490 e. The van der Waals surface area contributed by atoms with Crippen LogP contribution in [0.1, 0.15) is 29.8 Å². The van der Waals surface area contributed by atoms with E-state index in [9.17, 15) is 4.79 Å². The van der Waals surface area contributed by atoms with Crippen LogP contribution < -0.4 is 9.47 Å². The smallest absolute Gasteiger partial charge is 0.185 e. The maximum atomic E-state index is 12.1. The van der Waals surface area contributed by atoms with E-state index in [2.05, 4.69) is 0 Å². The fourth-order valence-electron chi connectivity index (χ4n) is 2.04. The van der Waals surface area contributed by atoms with Gasteiger partial charge in [0.05, 0.1) is 13.2 Å². The lowest BCUT2D eigenvalue weighted by Gasteiger charge is -2.11. The van der Waals surface area contributed by atoms with Crippen molar-refractivity contribution in [2.75, 3.05) is 13.2 Å². The Morgan fingerprint density at radius 1 is 0.955 bits per heavy atom. The van der Waals surface area contributed by atoms with Crippen LogP contribution in [0.15, 0.2) is 54.6 Å². The van der Waals surface area contributed by atoms with Crippen LogP contribution in [0.3, 0.4) is 0 Å².